The van der Waals surface area contributed by atoms with Gasteiger partial charge in [0.15, 0.2) is 0 Å². The minimum Gasteiger partial charge on any atom is -0.444 e. The summed E-state index contributed by atoms with van der Waals surface area (Å²) in [5.41, 5.74) is 1.48. The Balaban J connectivity index is 1.50. The molecule has 0 radical (unpaired) electrons. The fourth-order valence-corrected chi connectivity index (χ4v) is 3.80. The number of hydrogen-bond donors (Lipinski definition) is 2. The Morgan fingerprint density at radius 1 is 1.13 bits per heavy atom. The van der Waals surface area contributed by atoms with Crippen LogP contribution in [0.3, 0.4) is 0 Å². The molecule has 2 saturated heterocycles. The molecule has 1 aromatic carbocycles. The number of benzene rings is 1. The predicted molar refractivity (Wildman–Crippen MR) is 115 cm³/mol. The zero-order valence-electron chi connectivity index (χ0n) is 18.2. The van der Waals surface area contributed by atoms with Crippen LogP contribution in [0.5, 0.6) is 0 Å². The minimum atomic E-state index is -0.490. The largest absolute Gasteiger partial charge is 0.444 e. The van der Waals surface area contributed by atoms with E-state index in [-0.39, 0.29) is 30.0 Å². The van der Waals surface area contributed by atoms with Crippen LogP contribution in [0.25, 0.3) is 0 Å². The van der Waals surface area contributed by atoms with Crippen LogP contribution in [0.2, 0.25) is 0 Å². The van der Waals surface area contributed by atoms with E-state index in [0.717, 1.165) is 37.3 Å². The van der Waals surface area contributed by atoms with E-state index in [4.69, 9.17) is 4.74 Å². The molecule has 0 spiro atoms. The van der Waals surface area contributed by atoms with Crippen LogP contribution in [-0.2, 0) is 14.3 Å². The smallest absolute Gasteiger partial charge is 0.410 e. The maximum Gasteiger partial charge on any atom is 0.410 e. The van der Waals surface area contributed by atoms with Crippen molar-refractivity contribution in [3.63, 3.8) is 0 Å². The molecule has 0 saturated carbocycles. The molecule has 3 amide bonds. The molecule has 0 aromatic heterocycles. The number of ether oxygens (including phenoxy) is 1. The van der Waals surface area contributed by atoms with E-state index in [9.17, 15) is 14.4 Å². The van der Waals surface area contributed by atoms with Crippen molar-refractivity contribution in [2.24, 2.45) is 0 Å². The summed E-state index contributed by atoms with van der Waals surface area (Å²) < 4.78 is 5.47. The number of anilines is 2. The van der Waals surface area contributed by atoms with E-state index in [0.29, 0.717) is 12.8 Å². The molecule has 2 N–H and O–H groups in total. The molecule has 30 heavy (non-hydrogen) atoms. The van der Waals surface area contributed by atoms with Crippen molar-refractivity contribution in [3.8, 4) is 0 Å². The zero-order chi connectivity index (χ0) is 21.9. The molecule has 1 unspecified atom stereocenters. The van der Waals surface area contributed by atoms with Crippen LogP contribution >= 0.6 is 0 Å². The van der Waals surface area contributed by atoms with Crippen molar-refractivity contribution in [1.82, 2.24) is 10.2 Å². The van der Waals surface area contributed by atoms with Crippen LogP contribution in [0.15, 0.2) is 24.3 Å². The van der Waals surface area contributed by atoms with Gasteiger partial charge in [-0.3, -0.25) is 14.9 Å². The molecule has 2 heterocycles. The Labute approximate surface area is 177 Å². The van der Waals surface area contributed by atoms with Gasteiger partial charge in [-0.1, -0.05) is 0 Å². The molecule has 3 rings (SSSR count). The molecule has 1 aromatic rings. The van der Waals surface area contributed by atoms with Gasteiger partial charge in [-0.25, -0.2) is 4.79 Å². The molecule has 8 heteroatoms. The van der Waals surface area contributed by atoms with Crippen LogP contribution in [-0.4, -0.2) is 60.6 Å². The first kappa shape index (κ1) is 21.9. The Bertz CT molecular complexity index is 779. The number of nitrogens with one attached hydrogen (secondary N) is 2. The minimum absolute atomic E-state index is 0.171. The number of rotatable bonds is 4. The maximum absolute atomic E-state index is 12.3. The summed E-state index contributed by atoms with van der Waals surface area (Å²) in [7, 11) is 1.81. The summed E-state index contributed by atoms with van der Waals surface area (Å²) in [4.78, 5) is 39.5. The first-order chi connectivity index (χ1) is 14.1. The first-order valence-electron chi connectivity index (χ1n) is 10.5. The zero-order valence-corrected chi connectivity index (χ0v) is 18.2. The second-order valence-corrected chi connectivity index (χ2v) is 9.00. The van der Waals surface area contributed by atoms with E-state index in [1.807, 2.05) is 52.1 Å². The highest BCUT2D eigenvalue weighted by atomic mass is 16.6. The fraction of sp³-hybridized carbons (Fsp3) is 0.591. The first-order valence-corrected chi connectivity index (χ1v) is 10.5. The number of imide groups is 1. The number of amides is 3. The quantitative estimate of drug-likeness (QED) is 0.734. The second-order valence-electron chi connectivity index (χ2n) is 9.00. The average Bonchev–Trinajstić information content (AvgIpc) is 2.69. The monoisotopic (exact) mass is 416 g/mol. The van der Waals surface area contributed by atoms with E-state index in [2.05, 4.69) is 15.5 Å². The average molecular weight is 417 g/mol. The van der Waals surface area contributed by atoms with Crippen molar-refractivity contribution < 1.29 is 19.1 Å². The summed E-state index contributed by atoms with van der Waals surface area (Å²) in [5.74, 6) is -0.486. The number of carbonyl (C=O) groups is 3. The van der Waals surface area contributed by atoms with Crippen molar-refractivity contribution in [1.29, 1.82) is 0 Å². The van der Waals surface area contributed by atoms with Crippen LogP contribution in [0.4, 0.5) is 16.2 Å². The van der Waals surface area contributed by atoms with Gasteiger partial charge >= 0.3 is 6.09 Å². The summed E-state index contributed by atoms with van der Waals surface area (Å²) in [5, 5.41) is 5.55. The summed E-state index contributed by atoms with van der Waals surface area (Å²) >= 11 is 0. The van der Waals surface area contributed by atoms with E-state index in [1.165, 1.54) is 0 Å². The highest BCUT2D eigenvalue weighted by Crippen LogP contribution is 2.25. The van der Waals surface area contributed by atoms with E-state index in [1.54, 1.807) is 4.90 Å². The molecule has 0 aliphatic carbocycles. The lowest BCUT2D eigenvalue weighted by Gasteiger charge is -2.38. The number of nitrogens with zero attached hydrogens (tertiary/aromatic N) is 2. The Morgan fingerprint density at radius 2 is 1.77 bits per heavy atom. The van der Waals surface area contributed by atoms with Gasteiger partial charge < -0.3 is 19.9 Å². The van der Waals surface area contributed by atoms with Gasteiger partial charge in [0, 0.05) is 44.0 Å². The summed E-state index contributed by atoms with van der Waals surface area (Å²) in [6.45, 7) is 7.34. The SMILES string of the molecule is CN(C(=O)OC(C)(C)C)C1CCN(c2ccc(NC3CCC(=O)NC3=O)cc2)CC1. The van der Waals surface area contributed by atoms with Gasteiger partial charge in [0.25, 0.3) is 0 Å². The number of carbonyl (C=O) groups excluding carboxylic acids is 3. The van der Waals surface area contributed by atoms with Gasteiger partial charge in [-0.15, -0.1) is 0 Å². The number of hydrogen-bond acceptors (Lipinski definition) is 6. The normalized spacial score (nSPS) is 20.5. The van der Waals surface area contributed by atoms with Gasteiger partial charge in [-0.2, -0.15) is 0 Å². The fourth-order valence-electron chi connectivity index (χ4n) is 3.80. The Morgan fingerprint density at radius 3 is 2.33 bits per heavy atom. The standard InChI is InChI=1S/C22H32N4O4/c1-22(2,3)30-21(29)25(4)16-11-13-26(14-12-16)17-7-5-15(6-8-17)23-18-9-10-19(27)24-20(18)28/h5-8,16,18,23H,9-14H2,1-4H3,(H,24,27,28). The lowest BCUT2D eigenvalue weighted by Crippen LogP contribution is -2.47. The van der Waals surface area contributed by atoms with Crippen LogP contribution in [0.1, 0.15) is 46.5 Å². The van der Waals surface area contributed by atoms with Gasteiger partial charge in [-0.05, 0) is 64.3 Å². The number of piperidine rings is 2. The summed E-state index contributed by atoms with van der Waals surface area (Å²) in [6.07, 6.45) is 2.35. The second kappa shape index (κ2) is 8.93. The van der Waals surface area contributed by atoms with Gasteiger partial charge in [0.2, 0.25) is 11.8 Å². The van der Waals surface area contributed by atoms with E-state index < -0.39 is 5.60 Å². The van der Waals surface area contributed by atoms with E-state index >= 15 is 0 Å². The van der Waals surface area contributed by atoms with Crippen LogP contribution < -0.4 is 15.5 Å². The lowest BCUT2D eigenvalue weighted by atomic mass is 10.0. The highest BCUT2D eigenvalue weighted by Gasteiger charge is 2.29. The molecule has 1 atom stereocenters. The van der Waals surface area contributed by atoms with Gasteiger partial charge in [0.1, 0.15) is 11.6 Å². The molecular formula is C22H32N4O4. The Kier molecular flexibility index (Phi) is 6.53. The highest BCUT2D eigenvalue weighted by molar-refractivity contribution is 6.01. The van der Waals surface area contributed by atoms with Gasteiger partial charge in [0.05, 0.1) is 0 Å². The topological polar surface area (TPSA) is 91.0 Å². The third kappa shape index (κ3) is 5.64. The van der Waals surface area contributed by atoms with Crippen molar-refractivity contribution in [3.05, 3.63) is 24.3 Å². The third-order valence-electron chi connectivity index (χ3n) is 5.51. The third-order valence-corrected chi connectivity index (χ3v) is 5.51. The lowest BCUT2D eigenvalue weighted by molar-refractivity contribution is -0.133. The molecule has 0 bridgehead atoms. The Hall–Kier alpha value is -2.77. The van der Waals surface area contributed by atoms with Crippen molar-refractivity contribution in [2.45, 2.75) is 64.1 Å². The molecule has 164 valence electrons. The van der Waals surface area contributed by atoms with Crippen molar-refractivity contribution in [2.75, 3.05) is 30.4 Å². The van der Waals surface area contributed by atoms with Crippen LogP contribution in [0, 0.1) is 0 Å². The molecule has 2 fully saturated rings. The molecule has 8 nitrogen and oxygen atoms in total. The molecule has 2 aliphatic rings. The summed E-state index contributed by atoms with van der Waals surface area (Å²) in [6, 6.07) is 7.77. The maximum atomic E-state index is 12.3. The molecular weight excluding hydrogens is 384 g/mol. The predicted octanol–water partition coefficient (Wildman–Crippen LogP) is 2.74. The molecule has 2 aliphatic heterocycles. The van der Waals surface area contributed by atoms with Crippen molar-refractivity contribution >= 4 is 29.3 Å².